The van der Waals surface area contributed by atoms with Crippen LogP contribution in [0.3, 0.4) is 0 Å². The van der Waals surface area contributed by atoms with Crippen molar-refractivity contribution in [2.24, 2.45) is 0 Å². The average molecular weight is 427 g/mol. The van der Waals surface area contributed by atoms with E-state index in [1.807, 2.05) is 18.2 Å². The van der Waals surface area contributed by atoms with Gasteiger partial charge in [-0.2, -0.15) is 0 Å². The molecule has 2 aliphatic rings. The maximum absolute atomic E-state index is 13.0. The Morgan fingerprint density at radius 3 is 2.41 bits per heavy atom. The normalized spacial score (nSPS) is 22.3. The molecule has 0 saturated carbocycles. The number of carbonyl (C=O) groups excluding carboxylic acids is 2. The van der Waals surface area contributed by atoms with Gasteiger partial charge in [0.25, 0.3) is 5.91 Å². The number of rotatable bonds is 4. The minimum Gasteiger partial charge on any atom is -0.394 e. The summed E-state index contributed by atoms with van der Waals surface area (Å²) in [7, 11) is 0. The number of benzene rings is 3. The zero-order chi connectivity index (χ0) is 22.2. The van der Waals surface area contributed by atoms with E-state index in [2.05, 4.69) is 55.5 Å². The van der Waals surface area contributed by atoms with Crippen molar-refractivity contribution in [2.75, 3.05) is 19.7 Å². The van der Waals surface area contributed by atoms with E-state index >= 15 is 0 Å². The first-order valence-corrected chi connectivity index (χ1v) is 11.0. The largest absolute Gasteiger partial charge is 0.394 e. The first kappa shape index (κ1) is 20.5. The van der Waals surface area contributed by atoms with Crippen LogP contribution in [0, 0.1) is 6.92 Å². The molecule has 2 aliphatic heterocycles. The molecule has 0 bridgehead atoms. The fourth-order valence-electron chi connectivity index (χ4n) is 5.14. The van der Waals surface area contributed by atoms with Crippen LogP contribution in [0.1, 0.15) is 27.4 Å². The Kier molecular flexibility index (Phi) is 5.27. The predicted octanol–water partition coefficient (Wildman–Crippen LogP) is 3.47. The maximum atomic E-state index is 13.0. The molecule has 0 unspecified atom stereocenters. The summed E-state index contributed by atoms with van der Waals surface area (Å²) in [5.74, 6) is -0.223. The van der Waals surface area contributed by atoms with Gasteiger partial charge in [0.2, 0.25) is 5.91 Å². The Hall–Kier alpha value is -3.44. The van der Waals surface area contributed by atoms with Gasteiger partial charge in [0.05, 0.1) is 18.7 Å². The summed E-state index contributed by atoms with van der Waals surface area (Å²) in [5.41, 5.74) is 5.19. The first-order chi connectivity index (χ1) is 15.6. The fourth-order valence-corrected chi connectivity index (χ4v) is 5.14. The topological polar surface area (TPSA) is 60.9 Å². The standard InChI is InChI=1S/C27H26N2O3/c1-18-6-5-9-22(14-18)19-10-12-20(13-11-19)26-23-15-28(16-25(31)29(23)24(26)17-30)27(32)21-7-3-2-4-8-21/h2-14,23-24,26,30H,15-17H2,1H3/t23-,24+,26+/m0/s1. The van der Waals surface area contributed by atoms with Crippen LogP contribution in [0.15, 0.2) is 78.9 Å². The molecule has 3 atom stereocenters. The van der Waals surface area contributed by atoms with E-state index in [9.17, 15) is 14.7 Å². The van der Waals surface area contributed by atoms with Crippen LogP contribution >= 0.6 is 0 Å². The van der Waals surface area contributed by atoms with E-state index in [1.54, 1.807) is 21.9 Å². The van der Waals surface area contributed by atoms with Crippen LogP contribution in [0.2, 0.25) is 0 Å². The van der Waals surface area contributed by atoms with E-state index in [0.29, 0.717) is 12.1 Å². The second-order valence-electron chi connectivity index (χ2n) is 8.69. The van der Waals surface area contributed by atoms with E-state index in [1.165, 1.54) is 5.56 Å². The monoisotopic (exact) mass is 426 g/mol. The van der Waals surface area contributed by atoms with Crippen LogP contribution in [0.4, 0.5) is 0 Å². The molecular weight excluding hydrogens is 400 g/mol. The molecule has 0 spiro atoms. The maximum Gasteiger partial charge on any atom is 0.254 e. The third-order valence-electron chi connectivity index (χ3n) is 6.71. The van der Waals surface area contributed by atoms with Gasteiger partial charge in [-0.3, -0.25) is 9.59 Å². The number of aliphatic hydroxyl groups is 1. The Morgan fingerprint density at radius 1 is 0.969 bits per heavy atom. The van der Waals surface area contributed by atoms with Gasteiger partial charge in [0.15, 0.2) is 0 Å². The minimum absolute atomic E-state index is 0.00174. The van der Waals surface area contributed by atoms with Gasteiger partial charge in [0.1, 0.15) is 6.54 Å². The Morgan fingerprint density at radius 2 is 1.72 bits per heavy atom. The molecule has 0 aliphatic carbocycles. The van der Waals surface area contributed by atoms with Crippen molar-refractivity contribution in [1.82, 2.24) is 9.80 Å². The molecule has 32 heavy (non-hydrogen) atoms. The van der Waals surface area contributed by atoms with Crippen molar-refractivity contribution >= 4 is 11.8 Å². The highest BCUT2D eigenvalue weighted by atomic mass is 16.3. The van der Waals surface area contributed by atoms with E-state index in [-0.39, 0.29) is 43.0 Å². The minimum atomic E-state index is -0.244. The Labute approximate surface area is 187 Å². The van der Waals surface area contributed by atoms with Gasteiger partial charge < -0.3 is 14.9 Å². The molecule has 2 amide bonds. The number of aryl methyl sites for hydroxylation is 1. The van der Waals surface area contributed by atoms with Gasteiger partial charge in [-0.15, -0.1) is 0 Å². The van der Waals surface area contributed by atoms with Gasteiger partial charge in [-0.05, 0) is 35.7 Å². The number of fused-ring (bicyclic) bond motifs is 1. The molecule has 1 N–H and O–H groups in total. The summed E-state index contributed by atoms with van der Waals surface area (Å²) in [5, 5.41) is 10.0. The highest BCUT2D eigenvalue weighted by molar-refractivity contribution is 5.97. The third kappa shape index (κ3) is 3.49. The number of hydrogen-bond donors (Lipinski definition) is 1. The second-order valence-corrected chi connectivity index (χ2v) is 8.69. The summed E-state index contributed by atoms with van der Waals surface area (Å²) in [6.45, 7) is 2.52. The highest BCUT2D eigenvalue weighted by Gasteiger charge is 2.54. The van der Waals surface area contributed by atoms with E-state index in [4.69, 9.17) is 0 Å². The number of hydrogen-bond acceptors (Lipinski definition) is 3. The van der Waals surface area contributed by atoms with Crippen LogP contribution in [-0.2, 0) is 4.79 Å². The summed E-state index contributed by atoms with van der Waals surface area (Å²) < 4.78 is 0. The highest BCUT2D eigenvalue weighted by Crippen LogP contribution is 2.43. The lowest BCUT2D eigenvalue weighted by Gasteiger charge is -2.58. The van der Waals surface area contributed by atoms with E-state index in [0.717, 1.165) is 16.7 Å². The Bertz CT molecular complexity index is 1140. The van der Waals surface area contributed by atoms with Crippen LogP contribution < -0.4 is 0 Å². The summed E-state index contributed by atoms with van der Waals surface area (Å²) in [4.78, 5) is 29.2. The fraction of sp³-hybridized carbons (Fsp3) is 0.259. The molecule has 0 aromatic heterocycles. The number of piperazine rings is 1. The van der Waals surface area contributed by atoms with Gasteiger partial charge in [-0.1, -0.05) is 72.3 Å². The zero-order valence-electron chi connectivity index (χ0n) is 18.0. The lowest BCUT2D eigenvalue weighted by Crippen LogP contribution is -2.73. The first-order valence-electron chi connectivity index (χ1n) is 11.0. The molecule has 5 nitrogen and oxygen atoms in total. The average Bonchev–Trinajstić information content (AvgIpc) is 2.81. The predicted molar refractivity (Wildman–Crippen MR) is 123 cm³/mol. The quantitative estimate of drug-likeness (QED) is 0.695. The Balaban J connectivity index is 1.39. The molecule has 2 heterocycles. The van der Waals surface area contributed by atoms with Gasteiger partial charge in [0, 0.05) is 18.0 Å². The summed E-state index contributed by atoms with van der Waals surface area (Å²) in [6, 6.07) is 25.5. The van der Waals surface area contributed by atoms with Crippen molar-refractivity contribution in [2.45, 2.75) is 24.9 Å². The van der Waals surface area contributed by atoms with Crippen LogP contribution in [0.5, 0.6) is 0 Å². The van der Waals surface area contributed by atoms with Crippen molar-refractivity contribution in [3.63, 3.8) is 0 Å². The van der Waals surface area contributed by atoms with Crippen molar-refractivity contribution in [3.05, 3.63) is 95.6 Å². The lowest BCUT2D eigenvalue weighted by atomic mass is 9.73. The number of carbonyl (C=O) groups is 2. The molecule has 3 aromatic rings. The SMILES string of the molecule is Cc1cccc(-c2ccc([C@H]3[C@@H](CO)N4C(=O)CN(C(=O)c5ccccc5)C[C@@H]34)cc2)c1. The molecule has 2 saturated heterocycles. The lowest BCUT2D eigenvalue weighted by molar-refractivity contribution is -0.159. The molecular formula is C27H26N2O3. The molecule has 0 radical (unpaired) electrons. The second kappa shape index (κ2) is 8.24. The molecule has 5 heteroatoms. The van der Waals surface area contributed by atoms with Gasteiger partial charge in [-0.25, -0.2) is 0 Å². The summed E-state index contributed by atoms with van der Waals surface area (Å²) in [6.07, 6.45) is 0. The third-order valence-corrected chi connectivity index (χ3v) is 6.71. The zero-order valence-corrected chi connectivity index (χ0v) is 18.0. The molecule has 162 valence electrons. The van der Waals surface area contributed by atoms with E-state index < -0.39 is 0 Å². The van der Waals surface area contributed by atoms with Crippen molar-refractivity contribution in [3.8, 4) is 11.1 Å². The number of aliphatic hydroxyl groups excluding tert-OH is 1. The van der Waals surface area contributed by atoms with Gasteiger partial charge >= 0.3 is 0 Å². The summed E-state index contributed by atoms with van der Waals surface area (Å²) >= 11 is 0. The number of nitrogens with zero attached hydrogens (tertiary/aromatic N) is 2. The van der Waals surface area contributed by atoms with Crippen molar-refractivity contribution in [1.29, 1.82) is 0 Å². The molecule has 2 fully saturated rings. The molecule has 5 rings (SSSR count). The van der Waals surface area contributed by atoms with Crippen LogP contribution in [-0.4, -0.2) is 58.5 Å². The molecule has 3 aromatic carbocycles. The van der Waals surface area contributed by atoms with Crippen molar-refractivity contribution < 1.29 is 14.7 Å². The van der Waals surface area contributed by atoms with Crippen LogP contribution in [0.25, 0.3) is 11.1 Å². The smallest absolute Gasteiger partial charge is 0.254 e. The number of amides is 2.